The number of ether oxygens (including phenoxy) is 4. The molecule has 8 aromatic carbocycles. The number of alkyl halides is 8. The number of Topliss-reactive ketones (excluding diaryl/α,β-unsaturated/α-hetero) is 2. The second-order valence-electron chi connectivity index (χ2n) is 23.7. The average molecular weight is 1640 g/mol. The summed E-state index contributed by atoms with van der Waals surface area (Å²) in [7, 11) is 0. The van der Waals surface area contributed by atoms with Crippen molar-refractivity contribution in [2.75, 3.05) is 0 Å². The molecule has 0 aromatic heterocycles. The molecule has 8 rings (SSSR count). The lowest BCUT2D eigenvalue weighted by Gasteiger charge is -2.19. The zero-order valence-corrected chi connectivity index (χ0v) is 74.1. The third-order valence-electron chi connectivity index (χ3n) is 14.6. The third kappa shape index (κ3) is 51.2. The topological polar surface area (TPSA) is 108 Å². The minimum atomic E-state index is -3.47. The molecule has 0 spiro atoms. The van der Waals surface area contributed by atoms with Crippen LogP contribution in [0.5, 0.6) is 23.0 Å². The Morgan fingerprint density at radius 2 is 0.542 bits per heavy atom. The summed E-state index contributed by atoms with van der Waals surface area (Å²) in [6.07, 6.45) is -1.61. The molecule has 0 aliphatic heterocycles. The molecule has 0 bridgehead atoms. The van der Waals surface area contributed by atoms with E-state index in [-0.39, 0.29) is 69.8 Å². The van der Waals surface area contributed by atoms with Gasteiger partial charge in [-0.05, 0) is 249 Å². The summed E-state index contributed by atoms with van der Waals surface area (Å²) in [6.45, 7) is 56.2. The molecule has 16 heteroatoms. The molecule has 0 radical (unpaired) electrons. The average Bonchev–Trinajstić information content (AvgIpc) is 0.848. The van der Waals surface area contributed by atoms with Crippen molar-refractivity contribution in [3.8, 4) is 59.0 Å². The molecule has 0 saturated carbocycles. The number of benzene rings is 8. The van der Waals surface area contributed by atoms with Crippen LogP contribution in [0.1, 0.15) is 265 Å². The first-order valence-corrected chi connectivity index (χ1v) is 40.2. The molecule has 0 saturated heterocycles. The number of allylic oxidation sites excluding steroid dienone is 2. The van der Waals surface area contributed by atoms with Crippen LogP contribution in [0.3, 0.4) is 0 Å². The summed E-state index contributed by atoms with van der Waals surface area (Å²) in [5.74, 6) is 13.0. The van der Waals surface area contributed by atoms with Crippen molar-refractivity contribution >= 4 is 17.5 Å². The van der Waals surface area contributed by atoms with E-state index in [4.69, 9.17) is 24.1 Å². The number of carboxylic acid groups (broad SMARTS) is 1. The van der Waals surface area contributed by atoms with Gasteiger partial charge >= 0.3 is 30.4 Å². The van der Waals surface area contributed by atoms with Gasteiger partial charge in [0.25, 0.3) is 0 Å². The van der Waals surface area contributed by atoms with Gasteiger partial charge in [0.15, 0.2) is 11.6 Å². The van der Waals surface area contributed by atoms with Gasteiger partial charge in [-0.15, -0.1) is 24.2 Å². The van der Waals surface area contributed by atoms with Crippen LogP contribution >= 0.6 is 0 Å². The normalized spacial score (nSPS) is 9.55. The molecule has 648 valence electrons. The molecule has 0 heterocycles. The number of hydrogen-bond acceptors (Lipinski definition) is 7. The molecule has 118 heavy (non-hydrogen) atoms. The van der Waals surface area contributed by atoms with E-state index in [0.29, 0.717) is 55.2 Å². The predicted molar refractivity (Wildman–Crippen MR) is 481 cm³/mol. The second-order valence-corrected chi connectivity index (χ2v) is 23.7. The van der Waals surface area contributed by atoms with Crippen molar-refractivity contribution in [3.05, 3.63) is 297 Å². The standard InChI is InChI=1S/C27H30F2O3.C19H22F2O.C19H14F2O.C15H14F2O.C4H6O2.C3H4.7C2H6.CH4/c1-19(2)25(30)9-5-7-21-11-15-23(16-12-21)27(28,29)32-24-17-13-22(14-18-24)8-6-10-26(31)20(3)4;2*1-3-5-15-7-11-17(12-8-15)19(20,21)22-18-13-9-16(6-4-2)10-14-18;1-11-3-7-13(8-4-11)15(16,17)18-14-9-5-12(2)6-10-14;1-3(2)4(5)6;1-3-2;7*1-2;/h11-18H,1,3,5-10H2,2,4H3;7-14H,3-6H2,1-2H3;7-14H,1-2H3;3-10H,1-2H3;1H2,2H3,(H,5,6);1H,2H3;7*1-2H3;1H4. The minimum absolute atomic E-state index is 0. The predicted octanol–water partition coefficient (Wildman–Crippen LogP) is 30.6. The molecular weight excluding hydrogens is 1510 g/mol. The van der Waals surface area contributed by atoms with Crippen LogP contribution in [0.2, 0.25) is 0 Å². The maximum absolute atomic E-state index is 14.6. The van der Waals surface area contributed by atoms with Crippen molar-refractivity contribution in [2.45, 2.75) is 262 Å². The van der Waals surface area contributed by atoms with E-state index in [0.717, 1.165) is 64.6 Å². The molecule has 0 amide bonds. The fraction of sp³-hybridized carbons (Fsp3) is 0.382. The van der Waals surface area contributed by atoms with Crippen LogP contribution in [0.4, 0.5) is 35.1 Å². The summed E-state index contributed by atoms with van der Waals surface area (Å²) in [4.78, 5) is 32.8. The molecule has 0 unspecified atom stereocenters. The molecule has 1 N–H and O–H groups in total. The summed E-state index contributed by atoms with van der Waals surface area (Å²) in [5, 5.41) is 7.89. The van der Waals surface area contributed by atoms with Gasteiger partial charge in [0, 0.05) is 29.5 Å². The summed E-state index contributed by atoms with van der Waals surface area (Å²) < 4.78 is 133. The fourth-order valence-corrected chi connectivity index (χ4v) is 8.91. The van der Waals surface area contributed by atoms with Crippen molar-refractivity contribution in [3.63, 3.8) is 0 Å². The third-order valence-corrected chi connectivity index (χ3v) is 14.6. The lowest BCUT2D eigenvalue weighted by molar-refractivity contribution is -0.186. The van der Waals surface area contributed by atoms with Crippen molar-refractivity contribution in [2.24, 2.45) is 0 Å². The van der Waals surface area contributed by atoms with E-state index in [1.165, 1.54) is 91.9 Å². The number of halogens is 8. The summed E-state index contributed by atoms with van der Waals surface area (Å²) in [6, 6.07) is 50.2. The Labute approximate surface area is 706 Å². The first-order valence-electron chi connectivity index (χ1n) is 40.2. The van der Waals surface area contributed by atoms with Crippen molar-refractivity contribution < 1.29 is 73.6 Å². The maximum Gasteiger partial charge on any atom is 0.426 e. The SMILES string of the molecule is C.C#CC.C=C(C)C(=O)CCCc1ccc(OC(F)(F)c2ccc(CCCC(=O)C(=C)C)cc2)cc1.C=C(C)C(=O)O.CC.CC.CC.CC.CC.CC.CC.CC#Cc1ccc(OC(F)(F)c2ccc(C#CC)cc2)cc1.CCCc1ccc(OC(F)(F)c2ccc(CCC)cc2)cc1.Cc1ccc(OC(F)(F)c2ccc(C)cc2)cc1. The Kier molecular flexibility index (Phi) is 69.2. The fourth-order valence-electron chi connectivity index (χ4n) is 8.91. The van der Waals surface area contributed by atoms with Gasteiger partial charge in [-0.25, -0.2) is 4.79 Å². The number of carboxylic acids is 1. The van der Waals surface area contributed by atoms with Crippen molar-refractivity contribution in [1.29, 1.82) is 0 Å². The van der Waals surface area contributed by atoms with E-state index >= 15 is 0 Å². The van der Waals surface area contributed by atoms with Gasteiger partial charge in [-0.3, -0.25) is 9.59 Å². The van der Waals surface area contributed by atoms with E-state index in [9.17, 15) is 49.5 Å². The molecule has 8 aromatic rings. The Morgan fingerprint density at radius 3 is 0.763 bits per heavy atom. The number of rotatable bonds is 27. The van der Waals surface area contributed by atoms with Crippen molar-refractivity contribution in [1.82, 2.24) is 0 Å². The van der Waals surface area contributed by atoms with E-state index in [1.54, 1.807) is 132 Å². The first kappa shape index (κ1) is 118. The van der Waals surface area contributed by atoms with E-state index in [2.05, 4.69) is 69.6 Å². The zero-order valence-electron chi connectivity index (χ0n) is 74.1. The highest BCUT2D eigenvalue weighted by Crippen LogP contribution is 2.36. The van der Waals surface area contributed by atoms with Crippen LogP contribution < -0.4 is 18.9 Å². The Bertz CT molecular complexity index is 4130. The highest BCUT2D eigenvalue weighted by molar-refractivity contribution is 5.94. The molecule has 0 aliphatic carbocycles. The summed E-state index contributed by atoms with van der Waals surface area (Å²) >= 11 is 0. The number of terminal acetylenes is 1. The molecular formula is C102H136F8O8. The number of aryl methyl sites for hydroxylation is 6. The van der Waals surface area contributed by atoms with E-state index in [1.807, 2.05) is 123 Å². The summed E-state index contributed by atoms with van der Waals surface area (Å²) in [5.41, 5.74) is 7.93. The van der Waals surface area contributed by atoms with Crippen LogP contribution in [0.25, 0.3) is 0 Å². The van der Waals surface area contributed by atoms with Crippen LogP contribution in [0.15, 0.2) is 231 Å². The van der Waals surface area contributed by atoms with E-state index < -0.39 is 30.4 Å². The molecule has 0 aliphatic rings. The van der Waals surface area contributed by atoms with Crippen LogP contribution in [0, 0.1) is 49.9 Å². The number of aliphatic carboxylic acids is 1. The molecule has 0 atom stereocenters. The lowest BCUT2D eigenvalue weighted by Crippen LogP contribution is -2.21. The first-order chi connectivity index (χ1) is 55.7. The van der Waals surface area contributed by atoms with Gasteiger partial charge in [0.2, 0.25) is 0 Å². The minimum Gasteiger partial charge on any atom is -0.478 e. The Morgan fingerprint density at radius 1 is 0.356 bits per heavy atom. The lowest BCUT2D eigenvalue weighted by atomic mass is 10.0. The monoisotopic (exact) mass is 1640 g/mol. The van der Waals surface area contributed by atoms with Gasteiger partial charge in [-0.1, -0.05) is 247 Å². The number of ketones is 2. The van der Waals surface area contributed by atoms with Crippen LogP contribution in [-0.2, 0) is 64.5 Å². The maximum atomic E-state index is 14.6. The van der Waals surface area contributed by atoms with Gasteiger partial charge in [0.1, 0.15) is 23.0 Å². The highest BCUT2D eigenvalue weighted by Gasteiger charge is 2.37. The van der Waals surface area contributed by atoms with Gasteiger partial charge in [-0.2, -0.15) is 35.1 Å². The quantitative estimate of drug-likeness (QED) is 0.0308. The number of hydrogen-bond donors (Lipinski definition) is 1. The highest BCUT2D eigenvalue weighted by atomic mass is 19.3. The Balaban J connectivity index is -0.000000329. The molecule has 8 nitrogen and oxygen atoms in total. The van der Waals surface area contributed by atoms with Crippen LogP contribution in [-0.4, -0.2) is 22.6 Å². The number of carbonyl (C=O) groups excluding carboxylic acids is 2. The Hall–Kier alpha value is -10.9. The zero-order chi connectivity index (χ0) is 90.8. The van der Waals surface area contributed by atoms with Gasteiger partial charge in [0.05, 0.1) is 22.3 Å². The smallest absolute Gasteiger partial charge is 0.426 e. The number of carbonyl (C=O) groups is 3. The molecule has 0 fully saturated rings. The second kappa shape index (κ2) is 69.3. The van der Waals surface area contributed by atoms with Gasteiger partial charge < -0.3 is 24.1 Å². The largest absolute Gasteiger partial charge is 0.478 e.